The molecule has 0 bridgehead atoms. The number of allylic oxidation sites excluding steroid dienone is 1. The summed E-state index contributed by atoms with van der Waals surface area (Å²) in [6, 6.07) is 14.0. The van der Waals surface area contributed by atoms with Crippen LogP contribution in [0.25, 0.3) is 17.0 Å². The molecule has 37 heavy (non-hydrogen) atoms. The fourth-order valence-corrected chi connectivity index (χ4v) is 5.30. The van der Waals surface area contributed by atoms with Crippen LogP contribution in [0.3, 0.4) is 0 Å². The lowest BCUT2D eigenvalue weighted by Gasteiger charge is -2.37. The van der Waals surface area contributed by atoms with Crippen molar-refractivity contribution in [2.24, 2.45) is 0 Å². The molecule has 2 aromatic carbocycles. The fourth-order valence-electron chi connectivity index (χ4n) is 5.30. The van der Waals surface area contributed by atoms with Gasteiger partial charge in [0.2, 0.25) is 0 Å². The van der Waals surface area contributed by atoms with Gasteiger partial charge in [0.15, 0.2) is 19.5 Å². The number of benzene rings is 2. The molecule has 0 saturated carbocycles. The van der Waals surface area contributed by atoms with Gasteiger partial charge in [-0.1, -0.05) is 18.2 Å². The maximum atomic E-state index is 13.0. The smallest absolute Gasteiger partial charge is 0.251 e. The third-order valence-electron chi connectivity index (χ3n) is 7.34. The van der Waals surface area contributed by atoms with E-state index in [0.717, 1.165) is 71.8 Å². The predicted molar refractivity (Wildman–Crippen MR) is 148 cm³/mol. The summed E-state index contributed by atoms with van der Waals surface area (Å²) in [5.74, 6) is 2.35. The number of ether oxygens (including phenoxy) is 3. The van der Waals surface area contributed by atoms with Crippen molar-refractivity contribution in [3.05, 3.63) is 70.0 Å². The molecule has 3 heterocycles. The quantitative estimate of drug-likeness (QED) is 0.439. The molecule has 192 valence electrons. The summed E-state index contributed by atoms with van der Waals surface area (Å²) in [7, 11) is 8.15. The average molecular weight is 499 g/mol. The highest BCUT2D eigenvalue weighted by Crippen LogP contribution is 2.31. The van der Waals surface area contributed by atoms with E-state index in [2.05, 4.69) is 11.0 Å². The molecule has 1 saturated heterocycles. The van der Waals surface area contributed by atoms with Crippen molar-refractivity contribution in [3.8, 4) is 17.2 Å². The minimum atomic E-state index is 0.0105. The van der Waals surface area contributed by atoms with Crippen molar-refractivity contribution in [3.63, 3.8) is 0 Å². The average Bonchev–Trinajstić information content (AvgIpc) is 2.93. The van der Waals surface area contributed by atoms with E-state index in [-0.39, 0.29) is 5.56 Å². The van der Waals surface area contributed by atoms with Crippen LogP contribution in [0.5, 0.6) is 17.2 Å². The SMILES string of the molecule is [B]N(Cc1ccc2c(c1)OCCO2)C1CCN(CCn2c(=O)cc(/C=C/C)c3ccc(OC)cc32)CC1. The number of likely N-dealkylation sites (tertiary alicyclic amines) is 1. The normalized spacial score (nSPS) is 16.6. The van der Waals surface area contributed by atoms with Gasteiger partial charge in [-0.3, -0.25) is 4.79 Å². The van der Waals surface area contributed by atoms with Crippen molar-refractivity contribution in [1.29, 1.82) is 0 Å². The second kappa shape index (κ2) is 11.4. The molecule has 8 heteroatoms. The summed E-state index contributed by atoms with van der Waals surface area (Å²) < 4.78 is 18.6. The molecule has 3 aromatic rings. The summed E-state index contributed by atoms with van der Waals surface area (Å²) >= 11 is 0. The number of hydrogen-bond acceptors (Lipinski definition) is 6. The van der Waals surface area contributed by atoms with Crippen LogP contribution in [0.2, 0.25) is 0 Å². The molecule has 0 spiro atoms. The van der Waals surface area contributed by atoms with Crippen LogP contribution in [0.15, 0.2) is 53.3 Å². The molecule has 1 aromatic heterocycles. The summed E-state index contributed by atoms with van der Waals surface area (Å²) in [4.78, 5) is 17.4. The zero-order chi connectivity index (χ0) is 25.8. The van der Waals surface area contributed by atoms with Gasteiger partial charge in [0.05, 0.1) is 12.6 Å². The Balaban J connectivity index is 1.20. The van der Waals surface area contributed by atoms with Gasteiger partial charge in [0.25, 0.3) is 5.56 Å². The minimum Gasteiger partial charge on any atom is -0.497 e. The maximum Gasteiger partial charge on any atom is 0.251 e. The van der Waals surface area contributed by atoms with E-state index >= 15 is 0 Å². The molecule has 0 unspecified atom stereocenters. The first-order valence-electron chi connectivity index (χ1n) is 13.0. The number of nitrogens with zero attached hydrogens (tertiary/aromatic N) is 3. The highest BCUT2D eigenvalue weighted by molar-refractivity contribution is 6.04. The third-order valence-corrected chi connectivity index (χ3v) is 7.34. The topological polar surface area (TPSA) is 56.2 Å². The number of fused-ring (bicyclic) bond motifs is 2. The number of methoxy groups -OCH3 is 1. The summed E-state index contributed by atoms with van der Waals surface area (Å²) in [6.45, 7) is 7.15. The van der Waals surface area contributed by atoms with Crippen molar-refractivity contribution in [2.75, 3.05) is 40.0 Å². The summed E-state index contributed by atoms with van der Waals surface area (Å²) in [5, 5.41) is 1.05. The fraction of sp³-hybridized carbons (Fsp3) is 0.414. The van der Waals surface area contributed by atoms with Gasteiger partial charge in [-0.15, -0.1) is 0 Å². The molecular weight excluding hydrogens is 465 g/mol. The minimum absolute atomic E-state index is 0.0105. The summed E-state index contributed by atoms with van der Waals surface area (Å²) in [5.41, 5.74) is 2.97. The second-order valence-electron chi connectivity index (χ2n) is 9.70. The van der Waals surface area contributed by atoms with Gasteiger partial charge in [-0.2, -0.15) is 0 Å². The van der Waals surface area contributed by atoms with E-state index in [1.807, 2.05) is 58.8 Å². The van der Waals surface area contributed by atoms with Gasteiger partial charge in [-0.05, 0) is 68.2 Å². The number of piperidine rings is 1. The Morgan fingerprint density at radius 3 is 2.59 bits per heavy atom. The molecule has 2 aliphatic heterocycles. The molecule has 2 aliphatic rings. The highest BCUT2D eigenvalue weighted by Gasteiger charge is 2.23. The molecule has 5 rings (SSSR count). The van der Waals surface area contributed by atoms with E-state index in [1.54, 1.807) is 13.2 Å². The molecule has 0 amide bonds. The van der Waals surface area contributed by atoms with Crippen LogP contribution in [0.4, 0.5) is 0 Å². The third kappa shape index (κ3) is 5.70. The number of rotatable bonds is 8. The predicted octanol–water partition coefficient (Wildman–Crippen LogP) is 3.86. The molecule has 2 radical (unpaired) electrons. The number of pyridine rings is 1. The zero-order valence-electron chi connectivity index (χ0n) is 21.7. The molecule has 0 aliphatic carbocycles. The maximum absolute atomic E-state index is 13.0. The zero-order valence-corrected chi connectivity index (χ0v) is 21.7. The van der Waals surface area contributed by atoms with Gasteiger partial charge in [0, 0.05) is 43.2 Å². The van der Waals surface area contributed by atoms with Crippen molar-refractivity contribution < 1.29 is 14.2 Å². The van der Waals surface area contributed by atoms with Crippen LogP contribution < -0.4 is 19.8 Å². The Kier molecular flexibility index (Phi) is 7.86. The Morgan fingerprint density at radius 2 is 1.84 bits per heavy atom. The first kappa shape index (κ1) is 25.4. The van der Waals surface area contributed by atoms with E-state index in [0.29, 0.717) is 32.3 Å². The van der Waals surface area contributed by atoms with Gasteiger partial charge in [0.1, 0.15) is 19.0 Å². The van der Waals surface area contributed by atoms with Crippen LogP contribution in [0.1, 0.15) is 30.9 Å². The van der Waals surface area contributed by atoms with E-state index in [9.17, 15) is 4.79 Å². The van der Waals surface area contributed by atoms with Crippen LogP contribution in [-0.2, 0) is 13.1 Å². The van der Waals surface area contributed by atoms with Crippen LogP contribution in [0, 0.1) is 0 Å². The molecule has 0 N–H and O–H groups in total. The van der Waals surface area contributed by atoms with E-state index < -0.39 is 0 Å². The van der Waals surface area contributed by atoms with E-state index in [4.69, 9.17) is 22.2 Å². The Labute approximate surface area is 219 Å². The number of hydrogen-bond donors (Lipinski definition) is 0. The molecule has 7 nitrogen and oxygen atoms in total. The Hall–Kier alpha value is -3.23. The lowest BCUT2D eigenvalue weighted by atomic mass is 9.99. The lowest BCUT2D eigenvalue weighted by molar-refractivity contribution is 0.153. The lowest BCUT2D eigenvalue weighted by Crippen LogP contribution is -2.44. The first-order valence-corrected chi connectivity index (χ1v) is 13.0. The first-order chi connectivity index (χ1) is 18.1. The van der Waals surface area contributed by atoms with E-state index in [1.165, 1.54) is 0 Å². The largest absolute Gasteiger partial charge is 0.497 e. The molecule has 0 atom stereocenters. The second-order valence-corrected chi connectivity index (χ2v) is 9.70. The van der Waals surface area contributed by atoms with Crippen LogP contribution in [-0.4, -0.2) is 68.3 Å². The van der Waals surface area contributed by atoms with Gasteiger partial charge >= 0.3 is 0 Å². The molecule has 1 fully saturated rings. The van der Waals surface area contributed by atoms with Crippen molar-refractivity contribution >= 4 is 25.0 Å². The monoisotopic (exact) mass is 499 g/mol. The molecular formula is C29H34BN3O4. The number of aromatic nitrogens is 1. The Bertz CT molecular complexity index is 1330. The Morgan fingerprint density at radius 1 is 1.05 bits per heavy atom. The van der Waals surface area contributed by atoms with Gasteiger partial charge < -0.3 is 28.5 Å². The highest BCUT2D eigenvalue weighted by atomic mass is 16.6. The standard InChI is InChI=1S/C29H34BN3O4/c1-3-4-22-18-29(34)32(26-19-24(35-2)6-7-25(22)26)14-13-31-11-9-23(10-12-31)33(30)20-21-5-8-27-28(17-21)37-16-15-36-27/h3-8,17-19,23H,9-16,20H2,1-2H3/b4-3+. The van der Waals surface area contributed by atoms with Crippen LogP contribution >= 0.6 is 0 Å². The summed E-state index contributed by atoms with van der Waals surface area (Å²) in [6.07, 6.45) is 5.92. The van der Waals surface area contributed by atoms with Crippen molar-refractivity contribution in [2.45, 2.75) is 38.9 Å². The van der Waals surface area contributed by atoms with Gasteiger partial charge in [-0.25, -0.2) is 0 Å². The van der Waals surface area contributed by atoms with Crippen molar-refractivity contribution in [1.82, 2.24) is 14.3 Å².